The number of carbonyl (C=O) groups is 1. The number of fused-ring (bicyclic) bond motifs is 1. The van der Waals surface area contributed by atoms with Gasteiger partial charge in [-0.25, -0.2) is 9.18 Å². The highest BCUT2D eigenvalue weighted by atomic mass is 127. The predicted molar refractivity (Wildman–Crippen MR) is 94.8 cm³/mol. The number of ether oxygens (including phenoxy) is 2. The molecule has 0 saturated heterocycles. The lowest BCUT2D eigenvalue weighted by atomic mass is 10.0. The van der Waals surface area contributed by atoms with Crippen molar-refractivity contribution in [3.05, 3.63) is 38.8 Å². The molecule has 1 aromatic heterocycles. The average Bonchev–Trinajstić information content (AvgIpc) is 2.43. The number of esters is 1. The normalized spacial score (nSPS) is 13.2. The third-order valence-electron chi connectivity index (χ3n) is 3.27. The Kier molecular flexibility index (Phi) is 5.25. The van der Waals surface area contributed by atoms with E-state index in [1.807, 2.05) is 43.4 Å². The van der Waals surface area contributed by atoms with Crippen LogP contribution in [0.1, 0.15) is 38.1 Å². The van der Waals surface area contributed by atoms with Crippen molar-refractivity contribution < 1.29 is 18.7 Å². The average molecular weight is 431 g/mol. The monoisotopic (exact) mass is 431 g/mol. The third-order valence-corrected chi connectivity index (χ3v) is 4.39. The van der Waals surface area contributed by atoms with Crippen molar-refractivity contribution in [1.82, 2.24) is 4.98 Å². The minimum atomic E-state index is -0.955. The van der Waals surface area contributed by atoms with E-state index >= 15 is 0 Å². The lowest BCUT2D eigenvalue weighted by molar-refractivity contribution is -0.164. The fraction of sp³-hybridized carbons (Fsp3) is 0.412. The van der Waals surface area contributed by atoms with E-state index in [1.54, 1.807) is 19.1 Å². The Morgan fingerprint density at radius 1 is 1.35 bits per heavy atom. The molecular weight excluding hydrogens is 412 g/mol. The van der Waals surface area contributed by atoms with Gasteiger partial charge < -0.3 is 9.47 Å². The molecule has 124 valence electrons. The van der Waals surface area contributed by atoms with Crippen LogP contribution in [-0.2, 0) is 14.3 Å². The Labute approximate surface area is 148 Å². The summed E-state index contributed by atoms with van der Waals surface area (Å²) in [6.45, 7) is 7.32. The standard InChI is InChI=1S/C17H19FINO3/c1-9-12(15(16(21)22-5)23-17(2,3)4)14(19)13-10(18)7-6-8-11(13)20-9/h6-8,15H,1-5H3. The molecule has 0 aliphatic carbocycles. The van der Waals surface area contributed by atoms with Gasteiger partial charge in [0.2, 0.25) is 0 Å². The Morgan fingerprint density at radius 3 is 2.57 bits per heavy atom. The minimum Gasteiger partial charge on any atom is -0.467 e. The number of pyridine rings is 1. The maximum atomic E-state index is 14.2. The van der Waals surface area contributed by atoms with E-state index in [2.05, 4.69) is 4.98 Å². The molecule has 1 unspecified atom stereocenters. The van der Waals surface area contributed by atoms with Gasteiger partial charge in [-0.1, -0.05) is 6.07 Å². The highest BCUT2D eigenvalue weighted by Crippen LogP contribution is 2.35. The first-order valence-corrected chi connectivity index (χ1v) is 8.23. The van der Waals surface area contributed by atoms with Gasteiger partial charge in [0, 0.05) is 20.2 Å². The van der Waals surface area contributed by atoms with Gasteiger partial charge >= 0.3 is 5.97 Å². The summed E-state index contributed by atoms with van der Waals surface area (Å²) >= 11 is 2.04. The first kappa shape index (κ1) is 18.1. The quantitative estimate of drug-likeness (QED) is 0.537. The van der Waals surface area contributed by atoms with Crippen LogP contribution in [0.5, 0.6) is 0 Å². The molecule has 0 radical (unpaired) electrons. The van der Waals surface area contributed by atoms with Crippen LogP contribution in [0.3, 0.4) is 0 Å². The lowest BCUT2D eigenvalue weighted by Gasteiger charge is -2.27. The molecule has 1 heterocycles. The van der Waals surface area contributed by atoms with Crippen molar-refractivity contribution in [2.75, 3.05) is 7.11 Å². The first-order chi connectivity index (χ1) is 10.7. The number of methoxy groups -OCH3 is 1. The number of aryl methyl sites for hydroxylation is 1. The van der Waals surface area contributed by atoms with E-state index in [0.717, 1.165) is 0 Å². The van der Waals surface area contributed by atoms with Gasteiger partial charge in [0.05, 0.1) is 18.2 Å². The predicted octanol–water partition coefficient (Wildman–Crippen LogP) is 4.32. The highest BCUT2D eigenvalue weighted by molar-refractivity contribution is 14.1. The second-order valence-electron chi connectivity index (χ2n) is 6.19. The van der Waals surface area contributed by atoms with E-state index in [0.29, 0.717) is 25.7 Å². The van der Waals surface area contributed by atoms with E-state index in [-0.39, 0.29) is 5.82 Å². The van der Waals surface area contributed by atoms with Crippen LogP contribution in [-0.4, -0.2) is 23.7 Å². The van der Waals surface area contributed by atoms with Crippen molar-refractivity contribution >= 4 is 39.5 Å². The van der Waals surface area contributed by atoms with Crippen LogP contribution in [0.15, 0.2) is 18.2 Å². The molecule has 0 saturated carbocycles. The second-order valence-corrected chi connectivity index (χ2v) is 7.27. The topological polar surface area (TPSA) is 48.4 Å². The van der Waals surface area contributed by atoms with Gasteiger partial charge in [0.15, 0.2) is 6.10 Å². The summed E-state index contributed by atoms with van der Waals surface area (Å²) in [6.07, 6.45) is -0.955. The minimum absolute atomic E-state index is 0.375. The molecule has 4 nitrogen and oxygen atoms in total. The Bertz CT molecular complexity index is 756. The Morgan fingerprint density at radius 2 is 2.00 bits per heavy atom. The summed E-state index contributed by atoms with van der Waals surface area (Å²) in [5, 5.41) is 0.389. The van der Waals surface area contributed by atoms with Crippen LogP contribution in [0.2, 0.25) is 0 Å². The molecule has 2 aromatic rings. The summed E-state index contributed by atoms with van der Waals surface area (Å²) in [5.74, 6) is -0.904. The zero-order valence-electron chi connectivity index (χ0n) is 13.7. The fourth-order valence-corrected chi connectivity index (χ4v) is 3.55. The number of aromatic nitrogens is 1. The number of hydrogen-bond acceptors (Lipinski definition) is 4. The van der Waals surface area contributed by atoms with Crippen molar-refractivity contribution in [1.29, 1.82) is 0 Å². The Hall–Kier alpha value is -1.28. The van der Waals surface area contributed by atoms with Gasteiger partial charge in [0.1, 0.15) is 5.82 Å². The van der Waals surface area contributed by atoms with E-state index in [4.69, 9.17) is 9.47 Å². The van der Waals surface area contributed by atoms with Gasteiger partial charge in [-0.2, -0.15) is 0 Å². The number of hydrogen-bond donors (Lipinski definition) is 0. The van der Waals surface area contributed by atoms with Gasteiger partial charge in [-0.15, -0.1) is 0 Å². The van der Waals surface area contributed by atoms with E-state index < -0.39 is 17.7 Å². The summed E-state index contributed by atoms with van der Waals surface area (Å²) in [5.41, 5.74) is 1.14. The zero-order chi connectivity index (χ0) is 17.4. The van der Waals surface area contributed by atoms with Crippen LogP contribution in [0.4, 0.5) is 4.39 Å². The molecule has 0 aliphatic rings. The van der Waals surface area contributed by atoms with Crippen molar-refractivity contribution in [2.24, 2.45) is 0 Å². The molecule has 0 amide bonds. The van der Waals surface area contributed by atoms with E-state index in [1.165, 1.54) is 13.2 Å². The zero-order valence-corrected chi connectivity index (χ0v) is 15.9. The molecule has 1 atom stereocenters. The Balaban J connectivity index is 2.72. The van der Waals surface area contributed by atoms with Crippen LogP contribution in [0, 0.1) is 16.3 Å². The third kappa shape index (κ3) is 3.80. The molecular formula is C17H19FINO3. The SMILES string of the molecule is COC(=O)C(OC(C)(C)C)c1c(C)nc2cccc(F)c2c1I. The lowest BCUT2D eigenvalue weighted by Crippen LogP contribution is -2.29. The molecule has 0 aliphatic heterocycles. The van der Waals surface area contributed by atoms with Crippen LogP contribution in [0.25, 0.3) is 10.9 Å². The molecule has 0 fully saturated rings. The van der Waals surface area contributed by atoms with Crippen LogP contribution < -0.4 is 0 Å². The molecule has 1 aromatic carbocycles. The summed E-state index contributed by atoms with van der Waals surface area (Å²) in [7, 11) is 1.30. The number of halogens is 2. The number of rotatable bonds is 3. The van der Waals surface area contributed by atoms with E-state index in [9.17, 15) is 9.18 Å². The first-order valence-electron chi connectivity index (χ1n) is 7.15. The van der Waals surface area contributed by atoms with Gasteiger partial charge in [-0.3, -0.25) is 4.98 Å². The summed E-state index contributed by atoms with van der Waals surface area (Å²) in [6, 6.07) is 4.74. The number of benzene rings is 1. The molecule has 0 N–H and O–H groups in total. The molecule has 0 bridgehead atoms. The molecule has 0 spiro atoms. The second kappa shape index (κ2) is 6.68. The van der Waals surface area contributed by atoms with Crippen molar-refractivity contribution in [2.45, 2.75) is 39.4 Å². The molecule has 6 heteroatoms. The number of carbonyl (C=O) groups excluding carboxylic acids is 1. The van der Waals surface area contributed by atoms with Crippen molar-refractivity contribution in [3.8, 4) is 0 Å². The molecule has 23 heavy (non-hydrogen) atoms. The smallest absolute Gasteiger partial charge is 0.339 e. The van der Waals surface area contributed by atoms with Gasteiger partial charge in [0.25, 0.3) is 0 Å². The molecule has 2 rings (SSSR count). The maximum Gasteiger partial charge on any atom is 0.339 e. The van der Waals surface area contributed by atoms with Crippen molar-refractivity contribution in [3.63, 3.8) is 0 Å². The highest BCUT2D eigenvalue weighted by Gasteiger charge is 2.32. The summed E-state index contributed by atoms with van der Waals surface area (Å²) < 4.78 is 25.6. The summed E-state index contributed by atoms with van der Waals surface area (Å²) in [4.78, 5) is 16.7. The maximum absolute atomic E-state index is 14.2. The van der Waals surface area contributed by atoms with Crippen LogP contribution >= 0.6 is 22.6 Å². The largest absolute Gasteiger partial charge is 0.467 e. The fourth-order valence-electron chi connectivity index (χ4n) is 2.35. The van der Waals surface area contributed by atoms with Gasteiger partial charge in [-0.05, 0) is 62.4 Å². The number of nitrogens with zero attached hydrogens (tertiary/aromatic N) is 1.